The van der Waals surface area contributed by atoms with Crippen LogP contribution in [-0.2, 0) is 0 Å². The Bertz CT molecular complexity index is 403. The summed E-state index contributed by atoms with van der Waals surface area (Å²) in [5, 5.41) is 0. The standard InChI is InChI=1S/C14H19IN2O/c15-13-5-3-12(4-6-13)14(18)17-9-1-2-11(10-17)7-8-16/h3-6,11H,1-2,7-10,16H2. The van der Waals surface area contributed by atoms with Gasteiger partial charge >= 0.3 is 0 Å². The molecule has 2 rings (SSSR count). The molecule has 3 nitrogen and oxygen atoms in total. The van der Waals surface area contributed by atoms with Gasteiger partial charge in [0.2, 0.25) is 0 Å². The number of likely N-dealkylation sites (tertiary alicyclic amines) is 1. The van der Waals surface area contributed by atoms with Crippen molar-refractivity contribution < 1.29 is 4.79 Å². The number of carbonyl (C=O) groups is 1. The average molecular weight is 358 g/mol. The van der Waals surface area contributed by atoms with Gasteiger partial charge in [0.15, 0.2) is 0 Å². The summed E-state index contributed by atoms with van der Waals surface area (Å²) < 4.78 is 1.16. The minimum Gasteiger partial charge on any atom is -0.338 e. The van der Waals surface area contributed by atoms with E-state index in [0.717, 1.165) is 41.6 Å². The van der Waals surface area contributed by atoms with Gasteiger partial charge in [-0.1, -0.05) is 0 Å². The zero-order valence-electron chi connectivity index (χ0n) is 10.4. The first-order valence-electron chi connectivity index (χ1n) is 6.45. The Kier molecular flexibility index (Phi) is 5.00. The molecule has 98 valence electrons. The second-order valence-corrected chi connectivity index (χ2v) is 6.09. The van der Waals surface area contributed by atoms with Crippen molar-refractivity contribution in [1.82, 2.24) is 4.90 Å². The molecule has 0 aromatic heterocycles. The van der Waals surface area contributed by atoms with Gasteiger partial charge in [-0.2, -0.15) is 0 Å². The van der Waals surface area contributed by atoms with E-state index in [1.807, 2.05) is 29.2 Å². The molecule has 1 aliphatic rings. The van der Waals surface area contributed by atoms with E-state index < -0.39 is 0 Å². The fourth-order valence-electron chi connectivity index (χ4n) is 2.50. The molecule has 1 saturated heterocycles. The lowest BCUT2D eigenvalue weighted by Crippen LogP contribution is -2.40. The smallest absolute Gasteiger partial charge is 0.253 e. The van der Waals surface area contributed by atoms with Crippen molar-refractivity contribution >= 4 is 28.5 Å². The van der Waals surface area contributed by atoms with Crippen molar-refractivity contribution in [2.24, 2.45) is 11.7 Å². The number of halogens is 1. The molecule has 1 atom stereocenters. The molecule has 1 fully saturated rings. The van der Waals surface area contributed by atoms with Gasteiger partial charge in [0, 0.05) is 22.2 Å². The zero-order valence-corrected chi connectivity index (χ0v) is 12.6. The summed E-state index contributed by atoms with van der Waals surface area (Å²) in [6.45, 7) is 2.46. The topological polar surface area (TPSA) is 46.3 Å². The van der Waals surface area contributed by atoms with Crippen LogP contribution in [0.15, 0.2) is 24.3 Å². The predicted molar refractivity (Wildman–Crippen MR) is 81.5 cm³/mol. The van der Waals surface area contributed by atoms with Gasteiger partial charge in [0.05, 0.1) is 0 Å². The maximum atomic E-state index is 12.4. The number of rotatable bonds is 3. The van der Waals surface area contributed by atoms with Gasteiger partial charge in [-0.3, -0.25) is 4.79 Å². The summed E-state index contributed by atoms with van der Waals surface area (Å²) in [6.07, 6.45) is 3.32. The van der Waals surface area contributed by atoms with Crippen molar-refractivity contribution in [1.29, 1.82) is 0 Å². The molecule has 4 heteroatoms. The first kappa shape index (κ1) is 13.8. The summed E-state index contributed by atoms with van der Waals surface area (Å²) in [7, 11) is 0. The maximum absolute atomic E-state index is 12.4. The van der Waals surface area contributed by atoms with Gasteiger partial charge in [0.25, 0.3) is 5.91 Å². The monoisotopic (exact) mass is 358 g/mol. The van der Waals surface area contributed by atoms with Crippen LogP contribution in [0.1, 0.15) is 29.6 Å². The molecule has 1 unspecified atom stereocenters. The van der Waals surface area contributed by atoms with Crippen LogP contribution in [0.5, 0.6) is 0 Å². The molecule has 1 aliphatic heterocycles. The maximum Gasteiger partial charge on any atom is 0.253 e. The second kappa shape index (κ2) is 6.52. The quantitative estimate of drug-likeness (QED) is 0.844. The number of benzene rings is 1. The van der Waals surface area contributed by atoms with Crippen molar-refractivity contribution in [3.05, 3.63) is 33.4 Å². The van der Waals surface area contributed by atoms with Gasteiger partial charge in [-0.05, 0) is 78.6 Å². The highest BCUT2D eigenvalue weighted by Gasteiger charge is 2.23. The summed E-state index contributed by atoms with van der Waals surface area (Å²) in [6, 6.07) is 7.79. The predicted octanol–water partition coefficient (Wildman–Crippen LogP) is 2.49. The highest BCUT2D eigenvalue weighted by atomic mass is 127. The molecule has 0 radical (unpaired) electrons. The lowest BCUT2D eigenvalue weighted by atomic mass is 9.94. The first-order chi connectivity index (χ1) is 8.70. The van der Waals surface area contributed by atoms with Crippen LogP contribution in [0.25, 0.3) is 0 Å². The molecule has 1 heterocycles. The fraction of sp³-hybridized carbons (Fsp3) is 0.500. The molecule has 18 heavy (non-hydrogen) atoms. The molecule has 0 bridgehead atoms. The van der Waals surface area contributed by atoms with E-state index in [0.29, 0.717) is 5.92 Å². The van der Waals surface area contributed by atoms with Crippen LogP contribution >= 0.6 is 22.6 Å². The summed E-state index contributed by atoms with van der Waals surface area (Å²) >= 11 is 2.25. The highest BCUT2D eigenvalue weighted by Crippen LogP contribution is 2.21. The third-order valence-corrected chi connectivity index (χ3v) is 4.19. The molecular weight excluding hydrogens is 339 g/mol. The van der Waals surface area contributed by atoms with Crippen molar-refractivity contribution in [2.75, 3.05) is 19.6 Å². The lowest BCUT2D eigenvalue weighted by molar-refractivity contribution is 0.0669. The zero-order chi connectivity index (χ0) is 13.0. The average Bonchev–Trinajstić information content (AvgIpc) is 2.39. The summed E-state index contributed by atoms with van der Waals surface area (Å²) in [5.74, 6) is 0.740. The van der Waals surface area contributed by atoms with Gasteiger partial charge < -0.3 is 10.6 Å². The number of piperidine rings is 1. The largest absolute Gasteiger partial charge is 0.338 e. The Morgan fingerprint density at radius 3 is 2.78 bits per heavy atom. The van der Waals surface area contributed by atoms with E-state index in [9.17, 15) is 4.79 Å². The van der Waals surface area contributed by atoms with Crippen LogP contribution < -0.4 is 5.73 Å². The second-order valence-electron chi connectivity index (χ2n) is 4.84. The van der Waals surface area contributed by atoms with Crippen LogP contribution in [-0.4, -0.2) is 30.4 Å². The fourth-order valence-corrected chi connectivity index (χ4v) is 2.86. The van der Waals surface area contributed by atoms with Gasteiger partial charge in [-0.15, -0.1) is 0 Å². The minimum absolute atomic E-state index is 0.160. The van der Waals surface area contributed by atoms with E-state index in [1.165, 1.54) is 6.42 Å². The molecule has 0 spiro atoms. The number of nitrogens with zero attached hydrogens (tertiary/aromatic N) is 1. The SMILES string of the molecule is NCCC1CCCN(C(=O)c2ccc(I)cc2)C1. The van der Waals surface area contributed by atoms with Crippen LogP contribution in [0, 0.1) is 9.49 Å². The Labute approximate surface area is 122 Å². The number of hydrogen-bond donors (Lipinski definition) is 1. The first-order valence-corrected chi connectivity index (χ1v) is 7.53. The van der Waals surface area contributed by atoms with Gasteiger partial charge in [-0.25, -0.2) is 0 Å². The Hall–Kier alpha value is -0.620. The van der Waals surface area contributed by atoms with E-state index in [2.05, 4.69) is 22.6 Å². The molecule has 1 amide bonds. The lowest BCUT2D eigenvalue weighted by Gasteiger charge is -2.32. The molecular formula is C14H19IN2O. The highest BCUT2D eigenvalue weighted by molar-refractivity contribution is 14.1. The van der Waals surface area contributed by atoms with Crippen LogP contribution in [0.2, 0.25) is 0 Å². The van der Waals surface area contributed by atoms with Gasteiger partial charge in [0.1, 0.15) is 0 Å². The van der Waals surface area contributed by atoms with Crippen molar-refractivity contribution in [3.8, 4) is 0 Å². The number of carbonyl (C=O) groups excluding carboxylic acids is 1. The molecule has 1 aromatic carbocycles. The van der Waals surface area contributed by atoms with Crippen molar-refractivity contribution in [2.45, 2.75) is 19.3 Å². The van der Waals surface area contributed by atoms with Crippen molar-refractivity contribution in [3.63, 3.8) is 0 Å². The van der Waals surface area contributed by atoms with E-state index >= 15 is 0 Å². The summed E-state index contributed by atoms with van der Waals surface area (Å²) in [4.78, 5) is 14.3. The Balaban J connectivity index is 2.02. The van der Waals surface area contributed by atoms with E-state index in [-0.39, 0.29) is 5.91 Å². The van der Waals surface area contributed by atoms with E-state index in [4.69, 9.17) is 5.73 Å². The Morgan fingerprint density at radius 2 is 2.11 bits per heavy atom. The third-order valence-electron chi connectivity index (χ3n) is 3.47. The number of hydrogen-bond acceptors (Lipinski definition) is 2. The van der Waals surface area contributed by atoms with Crippen LogP contribution in [0.3, 0.4) is 0 Å². The molecule has 1 aromatic rings. The number of amides is 1. The van der Waals surface area contributed by atoms with Crippen LogP contribution in [0.4, 0.5) is 0 Å². The third kappa shape index (κ3) is 3.45. The molecule has 2 N–H and O–H groups in total. The molecule has 0 aliphatic carbocycles. The normalized spacial score (nSPS) is 19.9. The minimum atomic E-state index is 0.160. The molecule has 0 saturated carbocycles. The number of nitrogens with two attached hydrogens (primary N) is 1. The summed E-state index contributed by atoms with van der Waals surface area (Å²) in [5.41, 5.74) is 6.40. The Morgan fingerprint density at radius 1 is 1.39 bits per heavy atom. The van der Waals surface area contributed by atoms with E-state index in [1.54, 1.807) is 0 Å².